The summed E-state index contributed by atoms with van der Waals surface area (Å²) >= 11 is 0. The van der Waals surface area contributed by atoms with Crippen LogP contribution in [0.1, 0.15) is 53.4 Å². The molecule has 0 fully saturated rings. The minimum atomic E-state index is 0.329. The highest BCUT2D eigenvalue weighted by molar-refractivity contribution is 6.12. The second-order valence-corrected chi connectivity index (χ2v) is 4.09. The topological polar surface area (TPSA) is 0 Å². The van der Waals surface area contributed by atoms with Gasteiger partial charge in [-0.1, -0.05) is 59.2 Å². The molecule has 64 valence electrons. The summed E-state index contributed by atoms with van der Waals surface area (Å²) in [7, 11) is 6.05. The lowest BCUT2D eigenvalue weighted by atomic mass is 9.64. The van der Waals surface area contributed by atoms with E-state index in [0.717, 1.165) is 0 Å². The van der Waals surface area contributed by atoms with Crippen LogP contribution in [0.3, 0.4) is 0 Å². The van der Waals surface area contributed by atoms with Crippen molar-refractivity contribution in [2.75, 3.05) is 0 Å². The second-order valence-electron chi connectivity index (χ2n) is 4.09. The van der Waals surface area contributed by atoms with Crippen LogP contribution < -0.4 is 0 Å². The lowest BCUT2D eigenvalue weighted by Crippen LogP contribution is -2.18. The fourth-order valence-corrected chi connectivity index (χ4v) is 1.08. The van der Waals surface area contributed by atoms with E-state index < -0.39 is 0 Å². The van der Waals surface area contributed by atoms with Gasteiger partial charge in [-0.2, -0.15) is 0 Å². The van der Waals surface area contributed by atoms with Gasteiger partial charge >= 0.3 is 0 Å². The van der Waals surface area contributed by atoms with E-state index in [-0.39, 0.29) is 0 Å². The summed E-state index contributed by atoms with van der Waals surface area (Å²) in [6.45, 7) is 8.94. The molecule has 2 radical (unpaired) electrons. The van der Waals surface area contributed by atoms with Crippen LogP contribution in [0.5, 0.6) is 0 Å². The first-order valence-corrected chi connectivity index (χ1v) is 4.80. The molecule has 0 heterocycles. The third-order valence-corrected chi connectivity index (χ3v) is 2.78. The first kappa shape index (κ1) is 11.1. The average molecular weight is 152 g/mol. The highest BCUT2D eigenvalue weighted by Crippen LogP contribution is 2.36. The van der Waals surface area contributed by atoms with Gasteiger partial charge in [0.2, 0.25) is 0 Å². The van der Waals surface area contributed by atoms with Crippen molar-refractivity contribution >= 4 is 7.85 Å². The molecule has 0 spiro atoms. The second kappa shape index (κ2) is 4.85. The molecule has 0 saturated heterocycles. The fraction of sp³-hybridized carbons (Fsp3) is 1.00. The van der Waals surface area contributed by atoms with E-state index in [9.17, 15) is 0 Å². The van der Waals surface area contributed by atoms with Crippen molar-refractivity contribution in [2.24, 2.45) is 5.41 Å². The Kier molecular flexibility index (Phi) is 4.87. The Morgan fingerprint density at radius 2 is 1.82 bits per heavy atom. The molecule has 1 heteroatoms. The SMILES string of the molecule is [B]C(CCCC)C(C)(C)CC. The van der Waals surface area contributed by atoms with E-state index in [2.05, 4.69) is 27.7 Å². The van der Waals surface area contributed by atoms with E-state index in [1.807, 2.05) is 0 Å². The quantitative estimate of drug-likeness (QED) is 0.528. The molecule has 0 bridgehead atoms. The smallest absolute Gasteiger partial charge is 0.0706 e. The lowest BCUT2D eigenvalue weighted by molar-refractivity contribution is 0.310. The molecule has 0 N–H and O–H groups in total. The van der Waals surface area contributed by atoms with Crippen molar-refractivity contribution in [2.45, 2.75) is 59.2 Å². The van der Waals surface area contributed by atoms with E-state index in [0.29, 0.717) is 11.2 Å². The Labute approximate surface area is 73.2 Å². The molecule has 0 nitrogen and oxygen atoms in total. The van der Waals surface area contributed by atoms with Crippen molar-refractivity contribution in [1.82, 2.24) is 0 Å². The Bertz CT molecular complexity index is 97.0. The van der Waals surface area contributed by atoms with E-state index in [1.54, 1.807) is 0 Å². The van der Waals surface area contributed by atoms with E-state index >= 15 is 0 Å². The molecule has 0 aliphatic heterocycles. The molecule has 0 rings (SSSR count). The van der Waals surface area contributed by atoms with Gasteiger partial charge in [0.05, 0.1) is 7.85 Å². The molecule has 0 aromatic carbocycles. The Morgan fingerprint density at radius 1 is 1.27 bits per heavy atom. The molecule has 0 saturated carbocycles. The van der Waals surface area contributed by atoms with Crippen molar-refractivity contribution in [3.05, 3.63) is 0 Å². The fourth-order valence-electron chi connectivity index (χ4n) is 1.08. The van der Waals surface area contributed by atoms with Crippen LogP contribution in [-0.2, 0) is 0 Å². The largest absolute Gasteiger partial charge is 0.0724 e. The van der Waals surface area contributed by atoms with Gasteiger partial charge in [0.15, 0.2) is 0 Å². The van der Waals surface area contributed by atoms with Crippen LogP contribution in [0.4, 0.5) is 0 Å². The van der Waals surface area contributed by atoms with Crippen LogP contribution >= 0.6 is 0 Å². The van der Waals surface area contributed by atoms with Gasteiger partial charge in [-0.15, -0.1) is 0 Å². The van der Waals surface area contributed by atoms with Crippen molar-refractivity contribution < 1.29 is 0 Å². The molecule has 0 amide bonds. The van der Waals surface area contributed by atoms with Gasteiger partial charge < -0.3 is 0 Å². The van der Waals surface area contributed by atoms with E-state index in [4.69, 9.17) is 7.85 Å². The van der Waals surface area contributed by atoms with Gasteiger partial charge in [0.1, 0.15) is 0 Å². The van der Waals surface area contributed by atoms with Crippen LogP contribution in [0.2, 0.25) is 5.82 Å². The van der Waals surface area contributed by atoms with Gasteiger partial charge in [-0.25, -0.2) is 0 Å². The van der Waals surface area contributed by atoms with Crippen LogP contribution in [0.15, 0.2) is 0 Å². The van der Waals surface area contributed by atoms with Gasteiger partial charge in [0, 0.05) is 0 Å². The Balaban J connectivity index is 3.71. The lowest BCUT2D eigenvalue weighted by Gasteiger charge is -2.31. The predicted molar refractivity (Wildman–Crippen MR) is 53.1 cm³/mol. The molecule has 0 aromatic rings. The highest BCUT2D eigenvalue weighted by Gasteiger charge is 2.21. The molecule has 0 aliphatic carbocycles. The summed E-state index contributed by atoms with van der Waals surface area (Å²) in [5, 5.41) is 0. The van der Waals surface area contributed by atoms with Crippen LogP contribution in [0.25, 0.3) is 0 Å². The summed E-state index contributed by atoms with van der Waals surface area (Å²) in [6, 6.07) is 0. The van der Waals surface area contributed by atoms with Crippen molar-refractivity contribution in [1.29, 1.82) is 0 Å². The summed E-state index contributed by atoms with van der Waals surface area (Å²) in [4.78, 5) is 0. The summed E-state index contributed by atoms with van der Waals surface area (Å²) in [5.41, 5.74) is 0.329. The third kappa shape index (κ3) is 3.84. The standard InChI is InChI=1S/C10H21B/c1-5-7-8-9(11)10(3,4)6-2/h9H,5-8H2,1-4H3. The van der Waals surface area contributed by atoms with Crippen molar-refractivity contribution in [3.63, 3.8) is 0 Å². The summed E-state index contributed by atoms with van der Waals surface area (Å²) < 4.78 is 0. The van der Waals surface area contributed by atoms with Crippen molar-refractivity contribution in [3.8, 4) is 0 Å². The Hall–Kier alpha value is 0.0649. The first-order valence-electron chi connectivity index (χ1n) is 4.80. The third-order valence-electron chi connectivity index (χ3n) is 2.78. The Morgan fingerprint density at radius 3 is 2.18 bits per heavy atom. The number of rotatable bonds is 5. The van der Waals surface area contributed by atoms with Gasteiger partial charge in [0.25, 0.3) is 0 Å². The number of hydrogen-bond acceptors (Lipinski definition) is 0. The normalized spacial score (nSPS) is 14.9. The van der Waals surface area contributed by atoms with Gasteiger partial charge in [-0.3, -0.25) is 0 Å². The monoisotopic (exact) mass is 152 g/mol. The van der Waals surface area contributed by atoms with Crippen LogP contribution in [0, 0.1) is 5.41 Å². The maximum atomic E-state index is 6.05. The molecule has 1 atom stereocenters. The highest BCUT2D eigenvalue weighted by atomic mass is 14.2. The number of hydrogen-bond donors (Lipinski definition) is 0. The molecular weight excluding hydrogens is 131 g/mol. The maximum absolute atomic E-state index is 6.05. The molecular formula is C10H21B. The summed E-state index contributed by atoms with van der Waals surface area (Å²) in [5.74, 6) is 0.382. The average Bonchev–Trinajstić information content (AvgIpc) is 2.00. The number of unbranched alkanes of at least 4 members (excludes halogenated alkanes) is 1. The maximum Gasteiger partial charge on any atom is 0.0706 e. The molecule has 0 aliphatic rings. The zero-order chi connectivity index (χ0) is 8.91. The predicted octanol–water partition coefficient (Wildman–Crippen LogP) is 3.57. The van der Waals surface area contributed by atoms with E-state index in [1.165, 1.54) is 25.7 Å². The molecule has 1 unspecified atom stereocenters. The molecule has 11 heavy (non-hydrogen) atoms. The minimum absolute atomic E-state index is 0.329. The summed E-state index contributed by atoms with van der Waals surface area (Å²) in [6.07, 6.45) is 4.88. The van der Waals surface area contributed by atoms with Gasteiger partial charge in [-0.05, 0) is 5.41 Å². The minimum Gasteiger partial charge on any atom is -0.0724 e. The zero-order valence-corrected chi connectivity index (χ0v) is 8.48. The molecule has 0 aromatic heterocycles. The zero-order valence-electron chi connectivity index (χ0n) is 8.48. The first-order chi connectivity index (χ1) is 5.04. The van der Waals surface area contributed by atoms with Crippen LogP contribution in [-0.4, -0.2) is 7.85 Å².